The van der Waals surface area contributed by atoms with Gasteiger partial charge < -0.3 is 83.5 Å². The number of aromatic nitrogens is 2. The van der Waals surface area contributed by atoms with Gasteiger partial charge in [-0.15, -0.1) is 0 Å². The maximum absolute atomic E-state index is 14.7. The largest absolute Gasteiger partial charge is 0.480 e. The molecule has 1 aromatic rings. The molecule has 27 nitrogen and oxygen atoms in total. The van der Waals surface area contributed by atoms with Crippen LogP contribution in [0.3, 0.4) is 0 Å². The highest BCUT2D eigenvalue weighted by atomic mass is 16.7. The van der Waals surface area contributed by atoms with E-state index >= 15 is 0 Å². The number of rotatable bonds is 29. The van der Waals surface area contributed by atoms with Crippen LogP contribution in [0.15, 0.2) is 21.9 Å². The first-order chi connectivity index (χ1) is 37.5. The van der Waals surface area contributed by atoms with Gasteiger partial charge in [0.05, 0.1) is 12.5 Å². The van der Waals surface area contributed by atoms with Crippen molar-refractivity contribution in [2.24, 2.45) is 17.6 Å². The second-order valence-electron chi connectivity index (χ2n) is 21.6. The Balaban J connectivity index is 1.33. The number of amides is 1. The first kappa shape index (κ1) is 65.3. The first-order valence-electron chi connectivity index (χ1n) is 27.2. The zero-order valence-corrected chi connectivity index (χ0v) is 46.7. The van der Waals surface area contributed by atoms with E-state index in [1.807, 2.05) is 4.98 Å². The minimum Gasteiger partial charge on any atom is -0.480 e. The third kappa shape index (κ3) is 17.0. The Labute approximate surface area is 459 Å². The molecule has 450 valence electrons. The minimum atomic E-state index is -1.97. The van der Waals surface area contributed by atoms with Crippen LogP contribution in [0.2, 0.25) is 0 Å². The number of carboxylic acids is 1. The fourth-order valence-electron chi connectivity index (χ4n) is 10.8. The Hall–Kier alpha value is -4.49. The Morgan fingerprint density at radius 1 is 0.747 bits per heavy atom. The number of aliphatic hydroxyl groups is 4. The quantitative estimate of drug-likeness (QED) is 0.0296. The van der Waals surface area contributed by atoms with Gasteiger partial charge in [0.2, 0.25) is 12.2 Å². The molecule has 27 heteroatoms. The number of carboxylic acid groups (broad SMARTS) is 1. The summed E-state index contributed by atoms with van der Waals surface area (Å²) in [7, 11) is 6.87. The molecule has 4 aliphatic rings. The summed E-state index contributed by atoms with van der Waals surface area (Å²) in [5.41, 5.74) is 3.94. The van der Waals surface area contributed by atoms with Crippen LogP contribution >= 0.6 is 0 Å². The molecule has 0 radical (unpaired) electrons. The first-order valence-corrected chi connectivity index (χ1v) is 27.2. The van der Waals surface area contributed by atoms with E-state index in [1.54, 1.807) is 13.8 Å². The van der Waals surface area contributed by atoms with Crippen LogP contribution in [0, 0.1) is 11.8 Å². The van der Waals surface area contributed by atoms with Crippen LogP contribution in [-0.2, 0) is 71.3 Å². The van der Waals surface area contributed by atoms with Crippen molar-refractivity contribution in [3.63, 3.8) is 0 Å². The molecule has 4 saturated heterocycles. The fraction of sp³-hybridized carbons (Fsp3) is 0.827. The summed E-state index contributed by atoms with van der Waals surface area (Å²) in [5, 5.41) is 55.2. The van der Waals surface area contributed by atoms with Gasteiger partial charge in [0.15, 0.2) is 18.6 Å². The summed E-state index contributed by atoms with van der Waals surface area (Å²) in [6.07, 6.45) is -13.8. The summed E-state index contributed by atoms with van der Waals surface area (Å²) < 4.78 is 58.7. The molecule has 19 atom stereocenters. The third-order valence-electron chi connectivity index (χ3n) is 15.0. The van der Waals surface area contributed by atoms with Crippen molar-refractivity contribution in [3.8, 4) is 0 Å². The van der Waals surface area contributed by atoms with Gasteiger partial charge in [-0.05, 0) is 38.6 Å². The van der Waals surface area contributed by atoms with Crippen molar-refractivity contribution < 1.29 is 96.9 Å². The molecule has 1 aromatic heterocycles. The summed E-state index contributed by atoms with van der Waals surface area (Å²) in [4.78, 5) is 97.5. The molecule has 4 fully saturated rings. The lowest BCUT2D eigenvalue weighted by molar-refractivity contribution is -0.297. The van der Waals surface area contributed by atoms with Gasteiger partial charge in [-0.1, -0.05) is 65.7 Å². The Morgan fingerprint density at radius 3 is 1.94 bits per heavy atom. The van der Waals surface area contributed by atoms with Crippen molar-refractivity contribution in [3.05, 3.63) is 33.1 Å². The van der Waals surface area contributed by atoms with Gasteiger partial charge in [0, 0.05) is 66.6 Å². The van der Waals surface area contributed by atoms with Gasteiger partial charge in [0.25, 0.3) is 5.56 Å². The summed E-state index contributed by atoms with van der Waals surface area (Å²) in [6, 6.07) is -2.60. The van der Waals surface area contributed by atoms with Gasteiger partial charge >= 0.3 is 29.6 Å². The number of likely N-dealkylation sites (N-methyl/N-ethyl adjacent to an activating group) is 2. The third-order valence-corrected chi connectivity index (χ3v) is 15.0. The molecule has 1 amide bonds. The summed E-state index contributed by atoms with van der Waals surface area (Å²) in [6.45, 7) is 6.97. The molecule has 0 bridgehead atoms. The SMILES string of the molecule is COC1C(C)OC(OC(=O)CC(C)CC(=O)OC(CCCCCCCCCC(C)C)CC(=O)O[C@H]2CN(C)[C@@H]([C@H](O[C@@H]3O[C@H](CN)[C@@H](O)[C@H]3O)[C@H]3O[C@@H](n4ccc(=O)[nH]c4=O)[C@H](O)[C@@H]3O)C(=O)N(C)[C@@H]2C(=O)O)C(OC)C1OC. The predicted octanol–water partition coefficient (Wildman–Crippen LogP) is -0.698. The number of esters is 3. The average molecular weight is 1130 g/mol. The van der Waals surface area contributed by atoms with E-state index in [0.29, 0.717) is 12.3 Å². The van der Waals surface area contributed by atoms with E-state index in [0.717, 1.165) is 73.7 Å². The van der Waals surface area contributed by atoms with E-state index in [-0.39, 0.29) is 25.8 Å². The fourth-order valence-corrected chi connectivity index (χ4v) is 10.8. The highest BCUT2D eigenvalue weighted by molar-refractivity contribution is 5.88. The van der Waals surface area contributed by atoms with Crippen LogP contribution in [0.25, 0.3) is 0 Å². The number of ether oxygens (including phenoxy) is 10. The van der Waals surface area contributed by atoms with Crippen LogP contribution < -0.4 is 17.0 Å². The van der Waals surface area contributed by atoms with Crippen molar-refractivity contribution in [2.45, 2.75) is 215 Å². The molecule has 79 heavy (non-hydrogen) atoms. The number of H-pyrrole nitrogens is 1. The molecule has 7 unspecified atom stereocenters. The normalized spacial score (nSPS) is 32.6. The number of nitrogens with two attached hydrogens (primary N) is 1. The molecule has 5 heterocycles. The smallest absolute Gasteiger partial charge is 0.330 e. The minimum absolute atomic E-state index is 0.216. The molecule has 0 aromatic carbocycles. The standard InChI is InChI=1S/C52H85N5O22/c1-26(2)17-15-13-11-10-12-14-16-18-29(74-33(59)21-27(3)22-34(60)77-51-46(72-9)45(71-8)42(70-7)28(4)73-51)23-35(61)75-31-25-55(5)37(47(66)56(6)36(31)49(67)68)43(79-50-41(65)38(62)30(24-53)76-50)44-39(63)40(64)48(78-44)57-20-19-32(58)54-52(57)69/h19-20,26-31,36-46,48,50-51,62-65H,10-18,21-25,53H2,1-9H3,(H,67,68)(H,54,58,69)/t27?,28?,29?,30-,31+,36+,37+,38-,39+,40-,41-,42?,43+,44+,45?,46?,48-,50+,51?/m1/s1. The number of carbonyl (C=O) groups is 5. The molecule has 8 N–H and O–H groups in total. The zero-order valence-electron chi connectivity index (χ0n) is 46.7. The van der Waals surface area contributed by atoms with Crippen molar-refractivity contribution in [1.82, 2.24) is 19.4 Å². The number of aliphatic hydroxyl groups excluding tert-OH is 4. The number of aromatic amines is 1. The van der Waals surface area contributed by atoms with Gasteiger partial charge in [-0.3, -0.25) is 38.4 Å². The van der Waals surface area contributed by atoms with E-state index in [2.05, 4.69) is 13.8 Å². The molecule has 0 saturated carbocycles. The zero-order chi connectivity index (χ0) is 58.4. The molecule has 0 spiro atoms. The van der Waals surface area contributed by atoms with E-state index in [4.69, 9.17) is 53.1 Å². The number of hydrogen-bond acceptors (Lipinski definition) is 23. The summed E-state index contributed by atoms with van der Waals surface area (Å²) >= 11 is 0. The number of methoxy groups -OCH3 is 3. The van der Waals surface area contributed by atoms with Gasteiger partial charge in [-0.2, -0.15) is 0 Å². The van der Waals surface area contributed by atoms with Crippen molar-refractivity contribution in [2.75, 3.05) is 48.5 Å². The van der Waals surface area contributed by atoms with Crippen LogP contribution in [-0.4, -0.2) is 227 Å². The van der Waals surface area contributed by atoms with E-state index in [9.17, 15) is 59.1 Å². The molecular weight excluding hydrogens is 1050 g/mol. The molecule has 4 aliphatic heterocycles. The molecule has 5 rings (SSSR count). The monoisotopic (exact) mass is 1130 g/mol. The highest BCUT2D eigenvalue weighted by Crippen LogP contribution is 2.37. The van der Waals surface area contributed by atoms with E-state index in [1.165, 1.54) is 33.3 Å². The lowest BCUT2D eigenvalue weighted by atomic mass is 9.97. The maximum atomic E-state index is 14.7. The topological polar surface area (TPSA) is 366 Å². The Bertz CT molecular complexity index is 2250. The molecular formula is C52H85N5O22. The van der Waals surface area contributed by atoms with Crippen LogP contribution in [0.4, 0.5) is 0 Å². The van der Waals surface area contributed by atoms with Crippen molar-refractivity contribution >= 4 is 29.8 Å². The number of nitrogens with zero attached hydrogens (tertiary/aromatic N) is 3. The second-order valence-corrected chi connectivity index (χ2v) is 21.6. The number of unbranched alkanes of at least 4 members (excludes halogenated alkanes) is 6. The highest BCUT2D eigenvalue weighted by Gasteiger charge is 2.57. The van der Waals surface area contributed by atoms with Gasteiger partial charge in [0.1, 0.15) is 79.3 Å². The Morgan fingerprint density at radius 2 is 1.35 bits per heavy atom. The predicted molar refractivity (Wildman–Crippen MR) is 274 cm³/mol. The number of hydrogen-bond donors (Lipinski definition) is 7. The lowest BCUT2D eigenvalue weighted by Crippen LogP contribution is -2.59. The Kier molecular flexibility index (Phi) is 25.2. The van der Waals surface area contributed by atoms with E-state index < -0.39 is 170 Å². The number of aliphatic carboxylic acids is 1. The average Bonchev–Trinajstić information content (AvgIpc) is 3.90. The molecule has 0 aliphatic carbocycles. The van der Waals surface area contributed by atoms with Gasteiger partial charge in [-0.25, -0.2) is 9.59 Å². The van der Waals surface area contributed by atoms with Crippen molar-refractivity contribution in [1.29, 1.82) is 0 Å². The van der Waals surface area contributed by atoms with Crippen LogP contribution in [0.1, 0.15) is 111 Å². The number of nitrogens with one attached hydrogen (secondary N) is 1. The number of carbonyl (C=O) groups excluding carboxylic acids is 4. The summed E-state index contributed by atoms with van der Waals surface area (Å²) in [5.74, 6) is -4.95. The second kappa shape index (κ2) is 30.5. The maximum Gasteiger partial charge on any atom is 0.330 e. The lowest BCUT2D eigenvalue weighted by Gasteiger charge is -2.43. The van der Waals surface area contributed by atoms with Crippen LogP contribution in [0.5, 0.6) is 0 Å².